The van der Waals surface area contributed by atoms with E-state index in [0.717, 1.165) is 16.7 Å². The largest absolute Gasteiger partial charge is 0.355 e. The van der Waals surface area contributed by atoms with Crippen LogP contribution in [0.2, 0.25) is 0 Å². The maximum absolute atomic E-state index is 12.9. The molecule has 0 radical (unpaired) electrons. The first-order valence-corrected chi connectivity index (χ1v) is 10.0. The van der Waals surface area contributed by atoms with Gasteiger partial charge in [0.2, 0.25) is 11.7 Å². The number of nitrogens with zero attached hydrogens (tertiary/aromatic N) is 3. The van der Waals surface area contributed by atoms with Crippen LogP contribution < -0.4 is 5.32 Å². The van der Waals surface area contributed by atoms with E-state index in [-0.39, 0.29) is 17.0 Å². The van der Waals surface area contributed by atoms with Gasteiger partial charge in [0.15, 0.2) is 11.5 Å². The summed E-state index contributed by atoms with van der Waals surface area (Å²) in [7, 11) is 0. The monoisotopic (exact) mass is 416 g/mol. The van der Waals surface area contributed by atoms with Gasteiger partial charge < -0.3 is 14.4 Å². The van der Waals surface area contributed by atoms with Crippen LogP contribution in [0.4, 0.5) is 0 Å². The summed E-state index contributed by atoms with van der Waals surface area (Å²) in [5, 5.41) is 11.0. The molecule has 0 saturated carbocycles. The van der Waals surface area contributed by atoms with Crippen LogP contribution in [0.1, 0.15) is 48.8 Å². The second-order valence-electron chi connectivity index (χ2n) is 8.54. The Balaban J connectivity index is 1.56. The van der Waals surface area contributed by atoms with Crippen molar-refractivity contribution in [3.63, 3.8) is 0 Å². The summed E-state index contributed by atoms with van der Waals surface area (Å²) < 4.78 is 10.9. The smallest absolute Gasteiger partial charge is 0.274 e. The van der Waals surface area contributed by atoms with Gasteiger partial charge in [-0.25, -0.2) is 0 Å². The van der Waals surface area contributed by atoms with Crippen LogP contribution >= 0.6 is 0 Å². The van der Waals surface area contributed by atoms with E-state index in [1.807, 2.05) is 82.3 Å². The van der Waals surface area contributed by atoms with Crippen molar-refractivity contribution in [2.45, 2.75) is 33.7 Å². The van der Waals surface area contributed by atoms with E-state index in [1.165, 1.54) is 0 Å². The number of hydrogen-bond donors (Lipinski definition) is 1. The molecule has 2 heterocycles. The van der Waals surface area contributed by atoms with Gasteiger partial charge in [-0.15, -0.1) is 0 Å². The third-order valence-electron chi connectivity index (χ3n) is 4.94. The van der Waals surface area contributed by atoms with Crippen molar-refractivity contribution in [2.24, 2.45) is 5.41 Å². The SMILES string of the molecule is Cc1ccc(-c2cc(C(=O)NC(c3nc(-c4ccccc4)no3)C(C)(C)C)no2)cc1. The number of benzene rings is 2. The number of amides is 1. The fourth-order valence-corrected chi connectivity index (χ4v) is 3.15. The van der Waals surface area contributed by atoms with Gasteiger partial charge in [-0.2, -0.15) is 4.98 Å². The zero-order valence-corrected chi connectivity index (χ0v) is 17.9. The minimum atomic E-state index is -0.510. The van der Waals surface area contributed by atoms with Crippen LogP contribution in [-0.2, 0) is 0 Å². The standard InChI is InChI=1S/C24H24N4O3/c1-15-10-12-16(13-11-15)19-14-18(27-30-19)22(29)25-20(24(2,3)4)23-26-21(28-31-23)17-8-6-5-7-9-17/h5-14,20H,1-4H3,(H,25,29). The average Bonchev–Trinajstić information content (AvgIpc) is 3.42. The fraction of sp³-hybridized carbons (Fsp3) is 0.250. The normalized spacial score (nSPS) is 12.5. The van der Waals surface area contributed by atoms with Crippen molar-refractivity contribution in [3.05, 3.63) is 77.8 Å². The molecule has 0 bridgehead atoms. The number of nitrogens with one attached hydrogen (secondary N) is 1. The van der Waals surface area contributed by atoms with Crippen LogP contribution in [0.3, 0.4) is 0 Å². The molecule has 7 heteroatoms. The zero-order chi connectivity index (χ0) is 22.0. The Morgan fingerprint density at radius 2 is 1.65 bits per heavy atom. The Kier molecular flexibility index (Phi) is 5.42. The molecule has 0 aliphatic heterocycles. The Labute approximate surface area is 180 Å². The lowest BCUT2D eigenvalue weighted by Crippen LogP contribution is -2.37. The molecule has 1 amide bonds. The zero-order valence-electron chi connectivity index (χ0n) is 17.9. The van der Waals surface area contributed by atoms with Crippen molar-refractivity contribution in [2.75, 3.05) is 0 Å². The van der Waals surface area contributed by atoms with Gasteiger partial charge in [0.25, 0.3) is 5.91 Å². The third kappa shape index (κ3) is 4.55. The molecule has 1 unspecified atom stereocenters. The van der Waals surface area contributed by atoms with Crippen molar-refractivity contribution in [3.8, 4) is 22.7 Å². The van der Waals surface area contributed by atoms with Crippen LogP contribution in [0.5, 0.6) is 0 Å². The molecule has 1 atom stereocenters. The van der Waals surface area contributed by atoms with E-state index < -0.39 is 6.04 Å². The Hall–Kier alpha value is -3.74. The molecule has 1 N–H and O–H groups in total. The first-order valence-electron chi connectivity index (χ1n) is 10.0. The van der Waals surface area contributed by atoms with Crippen LogP contribution in [0.15, 0.2) is 69.7 Å². The number of aromatic nitrogens is 3. The number of aryl methyl sites for hydroxylation is 1. The van der Waals surface area contributed by atoms with Gasteiger partial charge in [-0.1, -0.05) is 91.2 Å². The van der Waals surface area contributed by atoms with E-state index >= 15 is 0 Å². The molecule has 31 heavy (non-hydrogen) atoms. The molecule has 0 spiro atoms. The highest BCUT2D eigenvalue weighted by molar-refractivity contribution is 5.93. The van der Waals surface area contributed by atoms with Crippen LogP contribution in [0.25, 0.3) is 22.7 Å². The number of hydrogen-bond acceptors (Lipinski definition) is 6. The second kappa shape index (κ2) is 8.18. The first-order chi connectivity index (χ1) is 14.8. The Bertz CT molecular complexity index is 1170. The molecule has 4 aromatic rings. The molecule has 0 saturated heterocycles. The van der Waals surface area contributed by atoms with Gasteiger partial charge >= 0.3 is 0 Å². The van der Waals surface area contributed by atoms with Gasteiger partial charge in [0.05, 0.1) is 0 Å². The number of carbonyl (C=O) groups is 1. The summed E-state index contributed by atoms with van der Waals surface area (Å²) in [6, 6.07) is 18.5. The van der Waals surface area contributed by atoms with E-state index in [2.05, 4.69) is 20.6 Å². The predicted molar refractivity (Wildman–Crippen MR) is 116 cm³/mol. The van der Waals surface area contributed by atoms with Gasteiger partial charge in [0.1, 0.15) is 6.04 Å². The molecule has 2 aromatic heterocycles. The molecular formula is C24H24N4O3. The number of rotatable bonds is 5. The number of carbonyl (C=O) groups excluding carboxylic acids is 1. The Morgan fingerprint density at radius 1 is 0.935 bits per heavy atom. The minimum Gasteiger partial charge on any atom is -0.355 e. The van der Waals surface area contributed by atoms with Crippen LogP contribution in [0, 0.1) is 12.3 Å². The van der Waals surface area contributed by atoms with E-state index in [1.54, 1.807) is 6.07 Å². The molecule has 2 aromatic carbocycles. The highest BCUT2D eigenvalue weighted by atomic mass is 16.5. The molecule has 158 valence electrons. The van der Waals surface area contributed by atoms with Crippen LogP contribution in [-0.4, -0.2) is 21.2 Å². The highest BCUT2D eigenvalue weighted by Crippen LogP contribution is 2.33. The second-order valence-corrected chi connectivity index (χ2v) is 8.54. The third-order valence-corrected chi connectivity index (χ3v) is 4.94. The maximum Gasteiger partial charge on any atom is 0.274 e. The maximum atomic E-state index is 12.9. The molecular weight excluding hydrogens is 392 g/mol. The quantitative estimate of drug-likeness (QED) is 0.479. The van der Waals surface area contributed by atoms with Gasteiger partial charge in [0, 0.05) is 17.2 Å². The summed E-state index contributed by atoms with van der Waals surface area (Å²) in [6.45, 7) is 7.98. The summed E-state index contributed by atoms with van der Waals surface area (Å²) in [6.07, 6.45) is 0. The topological polar surface area (TPSA) is 94.1 Å². The van der Waals surface area contributed by atoms with Crippen molar-refractivity contribution in [1.29, 1.82) is 0 Å². The van der Waals surface area contributed by atoms with Crippen molar-refractivity contribution in [1.82, 2.24) is 20.6 Å². The molecule has 0 aliphatic rings. The average molecular weight is 416 g/mol. The minimum absolute atomic E-state index is 0.188. The van der Waals surface area contributed by atoms with E-state index in [0.29, 0.717) is 17.5 Å². The summed E-state index contributed by atoms with van der Waals surface area (Å²) in [5.74, 6) is 0.965. The highest BCUT2D eigenvalue weighted by Gasteiger charge is 2.34. The molecule has 0 aliphatic carbocycles. The van der Waals surface area contributed by atoms with Crippen molar-refractivity contribution < 1.29 is 13.8 Å². The van der Waals surface area contributed by atoms with E-state index in [4.69, 9.17) is 9.05 Å². The lowest BCUT2D eigenvalue weighted by Gasteiger charge is -2.27. The summed E-state index contributed by atoms with van der Waals surface area (Å²) >= 11 is 0. The van der Waals surface area contributed by atoms with E-state index in [9.17, 15) is 4.79 Å². The lowest BCUT2D eigenvalue weighted by molar-refractivity contribution is 0.0871. The predicted octanol–water partition coefficient (Wildman–Crippen LogP) is 5.22. The molecule has 7 nitrogen and oxygen atoms in total. The summed E-state index contributed by atoms with van der Waals surface area (Å²) in [5.41, 5.74) is 2.65. The van der Waals surface area contributed by atoms with Gasteiger partial charge in [-0.3, -0.25) is 4.79 Å². The lowest BCUT2D eigenvalue weighted by atomic mass is 9.86. The Morgan fingerprint density at radius 3 is 2.32 bits per heavy atom. The first kappa shape index (κ1) is 20.5. The fourth-order valence-electron chi connectivity index (χ4n) is 3.15. The summed E-state index contributed by atoms with van der Waals surface area (Å²) in [4.78, 5) is 17.4. The molecule has 0 fully saturated rings. The van der Waals surface area contributed by atoms with Gasteiger partial charge in [-0.05, 0) is 12.3 Å². The van der Waals surface area contributed by atoms with Crippen molar-refractivity contribution >= 4 is 5.91 Å². The molecule has 4 rings (SSSR count).